The smallest absolute Gasteiger partial charge is 0.316 e. The zero-order chi connectivity index (χ0) is 24.4. The summed E-state index contributed by atoms with van der Waals surface area (Å²) in [5, 5.41) is 2.90. The standard InChI is InChI=1S/C25H24F3N5O2/c26-17-11-18(12-17)35-24-31-13-16(14-32-24)23(34)33-22-19(20-3-1-2-9-29-20)6-10-30-21(22)15-4-7-25(27,28)8-5-15/h1-3,6,9-10,13-15,17-18H,4-5,7-8,11-12H2,(H,33,34)/t17-,18-. The summed E-state index contributed by atoms with van der Waals surface area (Å²) in [7, 11) is 0. The highest BCUT2D eigenvalue weighted by molar-refractivity contribution is 6.06. The van der Waals surface area contributed by atoms with Gasteiger partial charge in [-0.1, -0.05) is 6.07 Å². The molecule has 0 radical (unpaired) electrons. The van der Waals surface area contributed by atoms with E-state index in [4.69, 9.17) is 4.74 Å². The van der Waals surface area contributed by atoms with Gasteiger partial charge < -0.3 is 10.1 Å². The first-order valence-electron chi connectivity index (χ1n) is 11.6. The quantitative estimate of drug-likeness (QED) is 0.508. The predicted octanol–water partition coefficient (Wildman–Crippen LogP) is 5.36. The first kappa shape index (κ1) is 23.2. The Labute approximate surface area is 200 Å². The minimum absolute atomic E-state index is 0.0813. The molecule has 35 heavy (non-hydrogen) atoms. The van der Waals surface area contributed by atoms with E-state index < -0.39 is 18.0 Å². The van der Waals surface area contributed by atoms with E-state index in [1.165, 1.54) is 12.4 Å². The molecule has 1 amide bonds. The van der Waals surface area contributed by atoms with Gasteiger partial charge in [-0.25, -0.2) is 23.1 Å². The highest BCUT2D eigenvalue weighted by Crippen LogP contribution is 2.44. The summed E-state index contributed by atoms with van der Waals surface area (Å²) < 4.78 is 46.0. The minimum Gasteiger partial charge on any atom is -0.460 e. The number of rotatable bonds is 6. The summed E-state index contributed by atoms with van der Waals surface area (Å²) in [4.78, 5) is 30.1. The van der Waals surface area contributed by atoms with Gasteiger partial charge in [-0.05, 0) is 31.0 Å². The van der Waals surface area contributed by atoms with E-state index in [2.05, 4.69) is 25.3 Å². The Morgan fingerprint density at radius 1 is 1.00 bits per heavy atom. The van der Waals surface area contributed by atoms with Gasteiger partial charge in [0, 0.05) is 62.0 Å². The minimum atomic E-state index is -2.68. The molecule has 0 spiro atoms. The van der Waals surface area contributed by atoms with Crippen molar-refractivity contribution in [2.75, 3.05) is 5.32 Å². The number of ether oxygens (including phenoxy) is 1. The molecule has 0 bridgehead atoms. The van der Waals surface area contributed by atoms with Crippen molar-refractivity contribution in [2.45, 2.75) is 62.6 Å². The van der Waals surface area contributed by atoms with Gasteiger partial charge in [0.25, 0.3) is 5.91 Å². The molecule has 2 saturated carbocycles. The van der Waals surface area contributed by atoms with Crippen LogP contribution in [0.4, 0.5) is 18.9 Å². The second-order valence-electron chi connectivity index (χ2n) is 8.98. The number of halogens is 3. The average molecular weight is 483 g/mol. The molecule has 3 heterocycles. The topological polar surface area (TPSA) is 89.9 Å². The molecule has 0 unspecified atom stereocenters. The molecule has 182 valence electrons. The summed E-state index contributed by atoms with van der Waals surface area (Å²) in [6.07, 6.45) is 5.50. The molecular formula is C25H24F3N5O2. The molecule has 7 nitrogen and oxygen atoms in total. The van der Waals surface area contributed by atoms with E-state index in [0.717, 1.165) is 0 Å². The van der Waals surface area contributed by atoms with Gasteiger partial charge in [0.05, 0.1) is 22.6 Å². The molecule has 5 rings (SSSR count). The Balaban J connectivity index is 1.40. The van der Waals surface area contributed by atoms with Gasteiger partial charge in [0.2, 0.25) is 5.92 Å². The van der Waals surface area contributed by atoms with Crippen molar-refractivity contribution >= 4 is 11.6 Å². The Morgan fingerprint density at radius 3 is 2.40 bits per heavy atom. The van der Waals surface area contributed by atoms with Crippen molar-refractivity contribution in [3.63, 3.8) is 0 Å². The van der Waals surface area contributed by atoms with E-state index in [1.54, 1.807) is 24.5 Å². The van der Waals surface area contributed by atoms with Crippen LogP contribution < -0.4 is 10.1 Å². The zero-order valence-electron chi connectivity index (χ0n) is 18.8. The van der Waals surface area contributed by atoms with Gasteiger partial charge in [-0.2, -0.15) is 0 Å². The second kappa shape index (κ2) is 9.59. The third-order valence-electron chi connectivity index (χ3n) is 6.46. The largest absolute Gasteiger partial charge is 0.460 e. The number of nitrogens with zero attached hydrogens (tertiary/aromatic N) is 4. The number of anilines is 1. The third-order valence-corrected chi connectivity index (χ3v) is 6.46. The van der Waals surface area contributed by atoms with Crippen LogP contribution in [-0.4, -0.2) is 44.0 Å². The summed E-state index contributed by atoms with van der Waals surface area (Å²) in [5.41, 5.74) is 2.46. The number of pyridine rings is 2. The molecule has 0 saturated heterocycles. The van der Waals surface area contributed by atoms with Crippen molar-refractivity contribution in [2.24, 2.45) is 0 Å². The maximum absolute atomic E-state index is 13.8. The van der Waals surface area contributed by atoms with Crippen LogP contribution in [0.1, 0.15) is 60.5 Å². The normalized spacial score (nSPS) is 21.7. The number of hydrogen-bond donors (Lipinski definition) is 1. The molecule has 0 aliphatic heterocycles. The van der Waals surface area contributed by atoms with Crippen molar-refractivity contribution in [3.05, 3.63) is 60.3 Å². The Morgan fingerprint density at radius 2 is 1.74 bits per heavy atom. The van der Waals surface area contributed by atoms with Crippen LogP contribution in [0.15, 0.2) is 49.1 Å². The van der Waals surface area contributed by atoms with E-state index >= 15 is 0 Å². The summed E-state index contributed by atoms with van der Waals surface area (Å²) >= 11 is 0. The lowest BCUT2D eigenvalue weighted by molar-refractivity contribution is -0.0384. The highest BCUT2D eigenvalue weighted by Gasteiger charge is 2.37. The van der Waals surface area contributed by atoms with E-state index in [-0.39, 0.29) is 49.3 Å². The molecule has 2 fully saturated rings. The summed E-state index contributed by atoms with van der Waals surface area (Å²) in [6, 6.07) is 7.24. The fourth-order valence-corrected chi connectivity index (χ4v) is 4.39. The second-order valence-corrected chi connectivity index (χ2v) is 8.98. The number of alkyl halides is 3. The lowest BCUT2D eigenvalue weighted by Crippen LogP contribution is -2.35. The Kier molecular flexibility index (Phi) is 6.36. The molecule has 2 aliphatic rings. The Hall–Kier alpha value is -3.56. The van der Waals surface area contributed by atoms with Crippen molar-refractivity contribution in [1.82, 2.24) is 19.9 Å². The molecule has 10 heteroatoms. The summed E-state index contributed by atoms with van der Waals surface area (Å²) in [5.74, 6) is -3.37. The number of carbonyl (C=O) groups excluding carboxylic acids is 1. The average Bonchev–Trinajstić information content (AvgIpc) is 2.84. The number of amides is 1. The van der Waals surface area contributed by atoms with Gasteiger partial charge in [0.1, 0.15) is 12.3 Å². The fourth-order valence-electron chi connectivity index (χ4n) is 4.39. The molecule has 0 aromatic carbocycles. The monoisotopic (exact) mass is 483 g/mol. The lowest BCUT2D eigenvalue weighted by atomic mass is 9.83. The number of aromatic nitrogens is 4. The maximum Gasteiger partial charge on any atom is 0.316 e. The van der Waals surface area contributed by atoms with Crippen molar-refractivity contribution < 1.29 is 22.7 Å². The van der Waals surface area contributed by atoms with Gasteiger partial charge in [-0.3, -0.25) is 14.8 Å². The SMILES string of the molecule is O=C(Nc1c(-c2ccccn2)ccnc1C1CCC(F)(F)CC1)c1cnc(O[C@H]2C[C@H](F)C2)nc1. The van der Waals surface area contributed by atoms with Crippen molar-refractivity contribution in [1.29, 1.82) is 0 Å². The van der Waals surface area contributed by atoms with Crippen LogP contribution >= 0.6 is 0 Å². The van der Waals surface area contributed by atoms with E-state index in [9.17, 15) is 18.0 Å². The van der Waals surface area contributed by atoms with Crippen LogP contribution in [-0.2, 0) is 0 Å². The van der Waals surface area contributed by atoms with E-state index in [0.29, 0.717) is 35.5 Å². The van der Waals surface area contributed by atoms with E-state index in [1.807, 2.05) is 12.1 Å². The van der Waals surface area contributed by atoms with Crippen LogP contribution in [0.25, 0.3) is 11.3 Å². The first-order chi connectivity index (χ1) is 16.9. The van der Waals surface area contributed by atoms with Crippen LogP contribution in [0.2, 0.25) is 0 Å². The van der Waals surface area contributed by atoms with Crippen LogP contribution in [0.5, 0.6) is 6.01 Å². The predicted molar refractivity (Wildman–Crippen MR) is 122 cm³/mol. The fraction of sp³-hybridized carbons (Fsp3) is 0.400. The molecule has 3 aromatic heterocycles. The number of hydrogen-bond acceptors (Lipinski definition) is 6. The Bertz CT molecular complexity index is 1180. The van der Waals surface area contributed by atoms with Gasteiger partial charge in [-0.15, -0.1) is 0 Å². The first-order valence-corrected chi connectivity index (χ1v) is 11.6. The van der Waals surface area contributed by atoms with Crippen LogP contribution in [0, 0.1) is 0 Å². The highest BCUT2D eigenvalue weighted by atomic mass is 19.3. The van der Waals surface area contributed by atoms with Gasteiger partial charge >= 0.3 is 6.01 Å². The number of nitrogens with one attached hydrogen (secondary N) is 1. The van der Waals surface area contributed by atoms with Gasteiger partial charge in [0.15, 0.2) is 0 Å². The molecule has 1 N–H and O–H groups in total. The van der Waals surface area contributed by atoms with Crippen LogP contribution in [0.3, 0.4) is 0 Å². The van der Waals surface area contributed by atoms with Crippen molar-refractivity contribution in [3.8, 4) is 17.3 Å². The third kappa shape index (κ3) is 5.26. The molecule has 3 aromatic rings. The molecule has 0 atom stereocenters. The molecule has 2 aliphatic carbocycles. The summed E-state index contributed by atoms with van der Waals surface area (Å²) in [6.45, 7) is 0. The number of carbonyl (C=O) groups is 1. The lowest BCUT2D eigenvalue weighted by Gasteiger charge is -2.29. The zero-order valence-corrected chi connectivity index (χ0v) is 18.8. The molecular weight excluding hydrogens is 459 g/mol. The maximum atomic E-state index is 13.8.